The van der Waals surface area contributed by atoms with E-state index in [2.05, 4.69) is 374 Å². The van der Waals surface area contributed by atoms with Crippen LogP contribution in [-0.2, 0) is 117 Å². The molecular weight excluding hydrogens is 2210 g/mol. The Labute approximate surface area is 785 Å². The number of allylic oxidation sites excluding steroid dienone is 1. The van der Waals surface area contributed by atoms with Crippen LogP contribution in [0.2, 0.25) is 0 Å². The molecule has 6 aromatic rings. The molecule has 0 aliphatic carbocycles. The van der Waals surface area contributed by atoms with E-state index in [1.54, 1.807) is 16.7 Å². The number of benzene rings is 6. The fourth-order valence-corrected chi connectivity index (χ4v) is 38.5. The summed E-state index contributed by atoms with van der Waals surface area (Å²) in [5.74, 6) is 0. The minimum atomic E-state index is -0.637. The van der Waals surface area contributed by atoms with E-state index in [9.17, 15) is 0 Å². The molecule has 0 aliphatic rings. The van der Waals surface area contributed by atoms with Crippen molar-refractivity contribution < 1.29 is 137 Å². The van der Waals surface area contributed by atoms with E-state index in [1.807, 2.05) is 20.8 Å². The van der Waals surface area contributed by atoms with Crippen molar-refractivity contribution in [1.29, 1.82) is 0 Å². The van der Waals surface area contributed by atoms with Crippen LogP contribution in [0.5, 0.6) is 0 Å². The molecule has 0 atom stereocenters. The third-order valence-electron chi connectivity index (χ3n) is 20.0. The van der Waals surface area contributed by atoms with Gasteiger partial charge in [-0.1, -0.05) is 91.5 Å². The van der Waals surface area contributed by atoms with Gasteiger partial charge in [0.25, 0.3) is 0 Å². The van der Waals surface area contributed by atoms with Gasteiger partial charge in [-0.15, -0.1) is 45.8 Å². The molecule has 0 saturated heterocycles. The average molecular weight is 2380 g/mol. The third-order valence-corrected chi connectivity index (χ3v) is 49.6. The monoisotopic (exact) mass is 2380 g/mol. The number of fused-ring (bicyclic) bond motifs is 2. The molecule has 0 saturated carbocycles. The molecule has 0 heterocycles. The predicted octanol–water partition coefficient (Wildman–Crippen LogP) is 26.7. The maximum Gasteiger partial charge on any atom is 1.00 e. The van der Waals surface area contributed by atoms with Gasteiger partial charge in [-0.3, -0.25) is 12.1 Å². The quantitative estimate of drug-likeness (QED) is 0.0145. The van der Waals surface area contributed by atoms with Crippen LogP contribution in [0.3, 0.4) is 0 Å². The Balaban J connectivity index is -0.000000242. The molecule has 0 bridgehead atoms. The second-order valence-electron chi connectivity index (χ2n) is 33.5. The molecule has 14 heteroatoms. The molecule has 1 N–H and O–H groups in total. The molecule has 0 aliphatic heterocycles. The molecular formula is C95H164Ir4KOP8+3. The Morgan fingerprint density at radius 2 is 0.495 bits per heavy atom. The van der Waals surface area contributed by atoms with Crippen LogP contribution in [0, 0.1) is 30.3 Å². The Hall–Kier alpha value is 2.51. The van der Waals surface area contributed by atoms with Crippen LogP contribution in [0.4, 0.5) is 0 Å². The predicted molar refractivity (Wildman–Crippen MR) is 513 cm³/mol. The zero-order chi connectivity index (χ0) is 79.3. The summed E-state index contributed by atoms with van der Waals surface area (Å²) in [6.07, 6.45) is 9.36. The van der Waals surface area contributed by atoms with Crippen molar-refractivity contribution >= 4 is 95.5 Å². The Morgan fingerprint density at radius 3 is 0.679 bits per heavy atom. The first-order chi connectivity index (χ1) is 48.2. The fraction of sp³-hybridized carbons (Fsp3) is 0.600. The van der Waals surface area contributed by atoms with Crippen LogP contribution in [0.25, 0.3) is 21.5 Å². The van der Waals surface area contributed by atoms with Crippen molar-refractivity contribution in [3.8, 4) is 0 Å². The molecule has 6 aromatic carbocycles. The van der Waals surface area contributed by atoms with Gasteiger partial charge in [-0.25, -0.2) is 11.1 Å². The van der Waals surface area contributed by atoms with Crippen LogP contribution in [0.15, 0.2) is 128 Å². The Morgan fingerprint density at radius 1 is 0.312 bits per heavy atom. The molecule has 0 amide bonds. The molecule has 0 spiro atoms. The molecule has 0 unspecified atom stereocenters. The van der Waals surface area contributed by atoms with Gasteiger partial charge in [0.1, 0.15) is 0 Å². The Kier molecular flexibility index (Phi) is 77.9. The van der Waals surface area contributed by atoms with Crippen molar-refractivity contribution in [2.75, 3.05) is 0 Å². The van der Waals surface area contributed by atoms with Gasteiger partial charge in [0.05, 0.1) is 115 Å². The molecule has 4 radical (unpaired) electrons. The normalized spacial score (nSPS) is 11.2. The molecule has 6 rings (SSSR count). The number of hydrogen-bond acceptors (Lipinski definition) is 1. The van der Waals surface area contributed by atoms with Crippen LogP contribution in [-0.4, -0.2) is 96.0 Å². The van der Waals surface area contributed by atoms with Crippen molar-refractivity contribution in [3.63, 3.8) is 0 Å². The first-order valence-corrected chi connectivity index (χ1v) is 55.0. The molecule has 109 heavy (non-hydrogen) atoms. The topological polar surface area (TPSA) is 30.0 Å². The van der Waals surface area contributed by atoms with E-state index in [4.69, 9.17) is 0 Å². The first kappa shape index (κ1) is 125. The SMILES string of the molecule is C=C=C.C=C=CC.CC.CC(C)[PH+](Cc1[c-]c(C[PH+](C(C)C)C(C)C)c[c-]c1)C(C)C.CC(C)[PH+](Cc1[c-]c(C[PH+](C(C)C)C(C)C)ccc1)C(C)C.CC(C)[PH+](Cc1[c-]c(C[PH+](C(C)C)C(C)C)ccc1)C(C)C.CC(C)[PH+](c1cccc2cc3cccc([PH+](C(C)C)C(C)C)c3[c-]c12)C(C)C.[Ir].[Ir].[Ir].[Ir].[K+].[OH-]. The zero-order valence-electron chi connectivity index (χ0n) is 76.1. The standard InChI is InChI=1S/C26H35P2.2C20H35P2.C20H34P2.C4H6.C3H4.C2H6.4Ir.K.H2O/c1-17(2)27(18(3)4)25-13-9-11-21-15-22-12-10-14-26(24(22)16-23(21)25)28(19(5)6)20(7)8;3*1-15(2)21(16(3)4)13-19-10-9-11-20(12-19)14-22(17(5)6)18(7)8;1-3-4-2;1-3-2;1-2;;;;;;/h9-15,17-20H,1-8H3;2*9-11,15-18H,13-14H2,1-8H3;10-11,15-18H,13-14H2,1-8H3;4H,1H2,2H3;1-2H2;1-2H3;;;;;;1H2/q3*-1;-2;;;;;;;;+1;/p+7. The van der Waals surface area contributed by atoms with Gasteiger partial charge >= 0.3 is 51.4 Å². The van der Waals surface area contributed by atoms with E-state index in [-0.39, 0.29) is 185 Å². The summed E-state index contributed by atoms with van der Waals surface area (Å²) in [6, 6.07) is 53.0. The minimum Gasteiger partial charge on any atom is -0.870 e. The summed E-state index contributed by atoms with van der Waals surface area (Å²) in [6.45, 7) is 92.1. The summed E-state index contributed by atoms with van der Waals surface area (Å²) in [4.78, 5) is 0. The maximum atomic E-state index is 3.98. The van der Waals surface area contributed by atoms with Gasteiger partial charge in [0, 0.05) is 151 Å². The van der Waals surface area contributed by atoms with Crippen molar-refractivity contribution in [2.24, 2.45) is 0 Å². The minimum absolute atomic E-state index is 0. The third kappa shape index (κ3) is 47.5. The van der Waals surface area contributed by atoms with E-state index in [0.29, 0.717) is 0 Å². The summed E-state index contributed by atoms with van der Waals surface area (Å²) in [5.41, 5.74) is 26.4. The first-order valence-electron chi connectivity index (χ1n) is 40.5. The van der Waals surface area contributed by atoms with Crippen molar-refractivity contribution in [2.45, 2.75) is 370 Å². The second kappa shape index (κ2) is 68.1. The van der Waals surface area contributed by atoms with Gasteiger partial charge in [0.2, 0.25) is 0 Å². The van der Waals surface area contributed by atoms with Gasteiger partial charge in [0.15, 0.2) is 0 Å². The van der Waals surface area contributed by atoms with Crippen molar-refractivity contribution in [1.82, 2.24) is 0 Å². The van der Waals surface area contributed by atoms with E-state index in [1.165, 1.54) is 91.9 Å². The van der Waals surface area contributed by atoms with Crippen LogP contribution < -0.4 is 62.0 Å². The zero-order valence-corrected chi connectivity index (χ0v) is 96.8. The number of hydrogen-bond donors (Lipinski definition) is 0. The van der Waals surface area contributed by atoms with Gasteiger partial charge < -0.3 is 17.6 Å². The average Bonchev–Trinajstić information content (AvgIpc) is 0.759. The molecule has 0 fully saturated rings. The summed E-state index contributed by atoms with van der Waals surface area (Å²) < 4.78 is 0. The van der Waals surface area contributed by atoms with E-state index < -0.39 is 15.8 Å². The van der Waals surface area contributed by atoms with Crippen LogP contribution >= 0.6 is 63.4 Å². The largest absolute Gasteiger partial charge is 1.00 e. The number of rotatable bonds is 30. The summed E-state index contributed by atoms with van der Waals surface area (Å²) in [7, 11) is -3.30. The van der Waals surface area contributed by atoms with Gasteiger partial charge in [-0.2, -0.15) is 48.5 Å². The fourth-order valence-electron chi connectivity index (χ4n) is 15.0. The van der Waals surface area contributed by atoms with Gasteiger partial charge in [-0.05, 0) is 250 Å². The maximum absolute atomic E-state index is 3.98. The van der Waals surface area contributed by atoms with Crippen molar-refractivity contribution in [3.05, 3.63) is 192 Å². The molecule has 1 nitrogen and oxygen atoms in total. The van der Waals surface area contributed by atoms with E-state index >= 15 is 0 Å². The molecule has 624 valence electrons. The van der Waals surface area contributed by atoms with Crippen LogP contribution in [0.1, 0.15) is 276 Å². The smallest absolute Gasteiger partial charge is 0.870 e. The summed E-state index contributed by atoms with van der Waals surface area (Å²) >= 11 is 0. The summed E-state index contributed by atoms with van der Waals surface area (Å²) in [5, 5.41) is 8.63. The second-order valence-corrected chi connectivity index (χ2v) is 63.9. The Bertz CT molecular complexity index is 2880. The molecule has 0 aromatic heterocycles. The van der Waals surface area contributed by atoms with E-state index in [0.717, 1.165) is 90.5 Å².